The van der Waals surface area contributed by atoms with E-state index in [2.05, 4.69) is 14.8 Å². The van der Waals surface area contributed by atoms with Crippen LogP contribution in [0, 0.1) is 5.92 Å². The molecule has 44 heavy (non-hydrogen) atoms. The minimum atomic E-state index is -3.02. The molecule has 236 valence electrons. The minimum Gasteiger partial charge on any atom is -0.489 e. The summed E-state index contributed by atoms with van der Waals surface area (Å²) in [5, 5.41) is 9.89. The number of nitrogens with zero attached hydrogens (tertiary/aromatic N) is 2. The van der Waals surface area contributed by atoms with Gasteiger partial charge in [-0.15, -0.1) is 0 Å². The molecule has 5 rings (SSSR count). The Kier molecular flexibility index (Phi) is 11.3. The average Bonchev–Trinajstić information content (AvgIpc) is 3.84. The van der Waals surface area contributed by atoms with E-state index in [0.717, 1.165) is 51.1 Å². The fourth-order valence-corrected chi connectivity index (χ4v) is 5.65. The third-order valence-corrected chi connectivity index (χ3v) is 8.51. The third kappa shape index (κ3) is 9.01. The second kappa shape index (κ2) is 15.3. The van der Waals surface area contributed by atoms with Crippen molar-refractivity contribution in [1.29, 1.82) is 0 Å². The van der Waals surface area contributed by atoms with E-state index in [-0.39, 0.29) is 24.5 Å². The molecule has 1 aliphatic heterocycles. The largest absolute Gasteiger partial charge is 0.489 e. The Bertz CT molecular complexity index is 1380. The predicted molar refractivity (Wildman–Crippen MR) is 161 cm³/mol. The first-order valence-electron chi connectivity index (χ1n) is 14.7. The summed E-state index contributed by atoms with van der Waals surface area (Å²) in [6.07, 6.45) is 4.47. The van der Waals surface area contributed by atoms with Crippen LogP contribution in [-0.2, 0) is 17.7 Å². The molecule has 3 aromatic rings. The van der Waals surface area contributed by atoms with E-state index < -0.39 is 18.7 Å². The number of halogens is 4. The number of carbonyl (C=O) groups is 1. The molecule has 0 amide bonds. The van der Waals surface area contributed by atoms with Gasteiger partial charge in [-0.1, -0.05) is 41.4 Å². The Morgan fingerprint density at radius 2 is 1.66 bits per heavy atom. The van der Waals surface area contributed by atoms with E-state index >= 15 is 0 Å². The number of hydrogen-bond donors (Lipinski definition) is 1. The number of piperazine rings is 1. The Hall–Kier alpha value is -3.02. The number of rotatable bonds is 14. The summed E-state index contributed by atoms with van der Waals surface area (Å²) in [4.78, 5) is 20.9. The fourth-order valence-electron chi connectivity index (χ4n) is 5.12. The van der Waals surface area contributed by atoms with Crippen molar-refractivity contribution in [2.24, 2.45) is 5.92 Å². The fraction of sp³-hybridized carbons (Fsp3) is 0.438. The number of aliphatic hydroxyl groups excluding tert-OH is 1. The van der Waals surface area contributed by atoms with Crippen molar-refractivity contribution >= 4 is 29.2 Å². The van der Waals surface area contributed by atoms with E-state index in [1.54, 1.807) is 36.7 Å². The Balaban J connectivity index is 1.33. The first kappa shape index (κ1) is 32.4. The monoisotopic (exact) mass is 650 g/mol. The zero-order valence-electron chi connectivity index (χ0n) is 24.2. The number of hydrogen-bond acceptors (Lipinski definition) is 7. The lowest BCUT2D eigenvalue weighted by Gasteiger charge is -2.34. The van der Waals surface area contributed by atoms with Crippen LogP contribution in [0.25, 0.3) is 0 Å². The number of β-amino-alcohol motifs (C(OH)–C–C–N with tert-alkyl or cyclic N) is 1. The van der Waals surface area contributed by atoms with Gasteiger partial charge in [0.25, 0.3) is 0 Å². The summed E-state index contributed by atoms with van der Waals surface area (Å²) in [5.74, 6) is -0.118. The SMILES string of the molecule is O=C(O[C@@H](Cc1c(Cl)c[nH+]cc1Cl)c1ccc(OC(F)F)c(OCC2CC2)c1)c1ccc(CN2CCN(CCO)CC2)cc1. The Morgan fingerprint density at radius 3 is 2.30 bits per heavy atom. The number of esters is 1. The van der Waals surface area contributed by atoms with E-state index in [4.69, 9.17) is 42.5 Å². The molecule has 2 heterocycles. The smallest absolute Gasteiger partial charge is 0.387 e. The van der Waals surface area contributed by atoms with Crippen molar-refractivity contribution in [2.45, 2.75) is 38.5 Å². The van der Waals surface area contributed by atoms with Gasteiger partial charge < -0.3 is 19.3 Å². The van der Waals surface area contributed by atoms with Crippen LogP contribution < -0.4 is 14.5 Å². The molecule has 8 nitrogen and oxygen atoms in total. The van der Waals surface area contributed by atoms with Crippen molar-refractivity contribution in [2.75, 3.05) is 45.9 Å². The van der Waals surface area contributed by atoms with E-state index in [1.165, 1.54) is 6.07 Å². The first-order valence-corrected chi connectivity index (χ1v) is 15.5. The molecule has 0 radical (unpaired) electrons. The maximum atomic E-state index is 13.4. The second-order valence-corrected chi connectivity index (χ2v) is 11.9. The van der Waals surface area contributed by atoms with Gasteiger partial charge in [0.1, 0.15) is 16.1 Å². The maximum absolute atomic E-state index is 13.4. The molecular formula is C32H36Cl2F2N3O5+. The molecule has 1 saturated carbocycles. The third-order valence-electron chi connectivity index (χ3n) is 7.84. The second-order valence-electron chi connectivity index (χ2n) is 11.1. The van der Waals surface area contributed by atoms with E-state index in [9.17, 15) is 13.6 Å². The van der Waals surface area contributed by atoms with Gasteiger partial charge in [0, 0.05) is 51.3 Å². The number of alkyl halides is 2. The summed E-state index contributed by atoms with van der Waals surface area (Å²) in [6, 6.07) is 11.8. The zero-order valence-corrected chi connectivity index (χ0v) is 25.7. The number of aromatic nitrogens is 1. The van der Waals surface area contributed by atoms with E-state index in [0.29, 0.717) is 45.8 Å². The van der Waals surface area contributed by atoms with Gasteiger partial charge in [-0.2, -0.15) is 8.78 Å². The summed E-state index contributed by atoms with van der Waals surface area (Å²) < 4.78 is 42.8. The molecule has 1 aromatic heterocycles. The normalized spacial score (nSPS) is 16.6. The van der Waals surface area contributed by atoms with Crippen molar-refractivity contribution in [3.05, 3.63) is 87.2 Å². The lowest BCUT2D eigenvalue weighted by Crippen LogP contribution is -2.46. The molecule has 2 fully saturated rings. The molecule has 0 unspecified atom stereocenters. The molecule has 1 atom stereocenters. The standard InChI is InChI=1S/C32H35Cl2F2N3O5/c33-26-17-37-18-27(34)25(26)16-29(24-7-8-28(44-32(35)36)30(15-24)42-20-22-1-2-22)43-31(41)23-5-3-21(4-6-23)19-39-11-9-38(10-12-39)13-14-40/h3-8,15,17-18,22,29,32,40H,1-2,9-14,16,19-20H2/p+1/t29-/m0/s1. The quantitative estimate of drug-likeness (QED) is 0.232. The first-order chi connectivity index (χ1) is 21.3. The molecule has 2 aliphatic rings. The zero-order chi connectivity index (χ0) is 31.1. The number of pyridine rings is 1. The number of aliphatic hydroxyl groups is 1. The molecule has 1 aliphatic carbocycles. The number of carbonyl (C=O) groups excluding carboxylic acids is 1. The highest BCUT2D eigenvalue weighted by Gasteiger charge is 2.27. The van der Waals surface area contributed by atoms with Crippen LogP contribution in [0.5, 0.6) is 11.5 Å². The molecule has 1 saturated heterocycles. The van der Waals surface area contributed by atoms with Crippen LogP contribution in [0.1, 0.15) is 46.0 Å². The highest BCUT2D eigenvalue weighted by Crippen LogP contribution is 2.38. The van der Waals surface area contributed by atoms with Crippen LogP contribution >= 0.6 is 23.2 Å². The van der Waals surface area contributed by atoms with Gasteiger partial charge in [-0.05, 0) is 54.2 Å². The van der Waals surface area contributed by atoms with Crippen molar-refractivity contribution in [1.82, 2.24) is 9.80 Å². The summed E-state index contributed by atoms with van der Waals surface area (Å²) in [6.45, 7) is 2.59. The van der Waals surface area contributed by atoms with Gasteiger partial charge in [0.2, 0.25) is 0 Å². The molecular weight excluding hydrogens is 615 g/mol. The van der Waals surface area contributed by atoms with Crippen LogP contribution in [-0.4, -0.2) is 73.4 Å². The Labute approximate surface area is 265 Å². The van der Waals surface area contributed by atoms with Gasteiger partial charge in [-0.25, -0.2) is 9.78 Å². The number of ether oxygens (including phenoxy) is 3. The highest BCUT2D eigenvalue weighted by atomic mass is 35.5. The van der Waals surface area contributed by atoms with Gasteiger partial charge in [0.15, 0.2) is 23.9 Å². The predicted octanol–water partition coefficient (Wildman–Crippen LogP) is 5.45. The number of benzene rings is 2. The van der Waals surface area contributed by atoms with E-state index in [1.807, 2.05) is 12.1 Å². The summed E-state index contributed by atoms with van der Waals surface area (Å²) >= 11 is 12.9. The summed E-state index contributed by atoms with van der Waals surface area (Å²) in [7, 11) is 0. The van der Waals surface area contributed by atoms with Crippen molar-refractivity contribution in [3.8, 4) is 11.5 Å². The minimum absolute atomic E-state index is 0.0924. The highest BCUT2D eigenvalue weighted by molar-refractivity contribution is 6.35. The van der Waals surface area contributed by atoms with Gasteiger partial charge >= 0.3 is 12.6 Å². The average molecular weight is 652 g/mol. The number of aromatic amines is 1. The topological polar surface area (TPSA) is 85.6 Å². The number of H-pyrrole nitrogens is 1. The molecule has 2 N–H and O–H groups in total. The van der Waals surface area contributed by atoms with Crippen molar-refractivity contribution < 1.29 is 37.9 Å². The van der Waals surface area contributed by atoms with Crippen LogP contribution in [0.2, 0.25) is 10.0 Å². The molecule has 0 bridgehead atoms. The number of nitrogens with one attached hydrogen (secondary N) is 1. The van der Waals surface area contributed by atoms with Gasteiger partial charge in [0.05, 0.1) is 18.8 Å². The molecule has 12 heteroatoms. The maximum Gasteiger partial charge on any atom is 0.387 e. The van der Waals surface area contributed by atoms with Crippen LogP contribution in [0.3, 0.4) is 0 Å². The van der Waals surface area contributed by atoms with Gasteiger partial charge in [-0.3, -0.25) is 9.80 Å². The molecule has 2 aromatic carbocycles. The Morgan fingerprint density at radius 1 is 0.977 bits per heavy atom. The van der Waals surface area contributed by atoms with Crippen molar-refractivity contribution in [3.63, 3.8) is 0 Å². The lowest BCUT2D eigenvalue weighted by molar-refractivity contribution is -0.377. The van der Waals surface area contributed by atoms with Crippen LogP contribution in [0.4, 0.5) is 8.78 Å². The molecule has 0 spiro atoms. The lowest BCUT2D eigenvalue weighted by atomic mass is 10.0. The summed E-state index contributed by atoms with van der Waals surface area (Å²) in [5.41, 5.74) is 2.52. The van der Waals surface area contributed by atoms with Crippen LogP contribution in [0.15, 0.2) is 54.9 Å².